The number of amides is 1. The topological polar surface area (TPSA) is 67.4 Å². The van der Waals surface area contributed by atoms with Gasteiger partial charge in [-0.2, -0.15) is 5.10 Å². The number of hydrogen-bond donors (Lipinski definition) is 1. The molecule has 35 heavy (non-hydrogen) atoms. The van der Waals surface area contributed by atoms with Crippen LogP contribution in [0.2, 0.25) is 0 Å². The first-order valence-electron chi connectivity index (χ1n) is 11.7. The van der Waals surface area contributed by atoms with Crippen molar-refractivity contribution in [1.29, 1.82) is 0 Å². The zero-order valence-corrected chi connectivity index (χ0v) is 23.5. The summed E-state index contributed by atoms with van der Waals surface area (Å²) in [6, 6.07) is 10.7. The van der Waals surface area contributed by atoms with E-state index in [1.807, 2.05) is 52.0 Å². The zero-order chi connectivity index (χ0) is 25.4. The molecule has 1 saturated heterocycles. The molecule has 1 amide bonds. The van der Waals surface area contributed by atoms with Crippen LogP contribution in [-0.2, 0) is 14.9 Å². The smallest absolute Gasteiger partial charge is 0.410 e. The van der Waals surface area contributed by atoms with Crippen molar-refractivity contribution in [3.05, 3.63) is 62.4 Å². The van der Waals surface area contributed by atoms with Crippen LogP contribution in [0.4, 0.5) is 9.18 Å². The molecular weight excluding hydrogens is 581 g/mol. The molecule has 4 rings (SSSR count). The number of halogens is 3. The lowest BCUT2D eigenvalue weighted by Crippen LogP contribution is -2.48. The second kappa shape index (κ2) is 10.2. The van der Waals surface area contributed by atoms with Gasteiger partial charge in [0.15, 0.2) is 0 Å². The van der Waals surface area contributed by atoms with Crippen molar-refractivity contribution in [2.75, 3.05) is 19.7 Å². The number of nitrogens with zero attached hydrogens (tertiary/aromatic N) is 2. The molecule has 2 aromatic carbocycles. The molecule has 1 aliphatic rings. The number of likely N-dealkylation sites (tertiary alicyclic amines) is 1. The number of rotatable bonds is 5. The summed E-state index contributed by atoms with van der Waals surface area (Å²) in [5.74, 6) is -0.272. The predicted octanol–water partition coefficient (Wildman–Crippen LogP) is 7.27. The maximum Gasteiger partial charge on any atom is 0.410 e. The second-order valence-electron chi connectivity index (χ2n) is 10.1. The summed E-state index contributed by atoms with van der Waals surface area (Å²) in [4.78, 5) is 14.4. The van der Waals surface area contributed by atoms with Gasteiger partial charge in [-0.15, -0.1) is 0 Å². The number of aromatic amines is 1. The monoisotopic (exact) mass is 609 g/mol. The molecule has 9 heteroatoms. The van der Waals surface area contributed by atoms with Gasteiger partial charge >= 0.3 is 6.09 Å². The van der Waals surface area contributed by atoms with Gasteiger partial charge in [-0.1, -0.05) is 28.1 Å². The first-order chi connectivity index (χ1) is 16.5. The molecule has 6 nitrogen and oxygen atoms in total. The van der Waals surface area contributed by atoms with E-state index in [0.717, 1.165) is 31.1 Å². The highest BCUT2D eigenvalue weighted by molar-refractivity contribution is 9.11. The number of piperidine rings is 1. The lowest BCUT2D eigenvalue weighted by atomic mass is 9.73. The van der Waals surface area contributed by atoms with E-state index in [4.69, 9.17) is 9.47 Å². The Kier molecular flexibility index (Phi) is 7.60. The average molecular weight is 611 g/mol. The van der Waals surface area contributed by atoms with Gasteiger partial charge in [-0.05, 0) is 86.3 Å². The Bertz CT molecular complexity index is 1200. The number of nitrogens with one attached hydrogen (secondary N) is 1. The molecule has 1 aromatic heterocycles. The summed E-state index contributed by atoms with van der Waals surface area (Å²) in [5, 5.41) is 8.34. The standard InChI is InChI=1S/C26H30Br2FN3O3/c1-16(20-13-18(27)14-21-22(20)30-31-23(21)28)34-15-26(17-5-7-19(29)8-6-17)9-11-32(12-10-26)24(33)35-25(2,3)4/h5-8,13-14,16H,9-12,15H2,1-4H3,(H,30,31)/t16-/m0/s1. The predicted molar refractivity (Wildman–Crippen MR) is 141 cm³/mol. The van der Waals surface area contributed by atoms with Gasteiger partial charge in [-0.3, -0.25) is 5.10 Å². The Morgan fingerprint density at radius 3 is 2.49 bits per heavy atom. The Morgan fingerprint density at radius 1 is 1.20 bits per heavy atom. The average Bonchev–Trinajstić information content (AvgIpc) is 3.17. The van der Waals surface area contributed by atoms with E-state index < -0.39 is 5.60 Å². The summed E-state index contributed by atoms with van der Waals surface area (Å²) in [7, 11) is 0. The molecule has 0 radical (unpaired) electrons. The van der Waals surface area contributed by atoms with Crippen LogP contribution in [0, 0.1) is 5.82 Å². The molecule has 1 fully saturated rings. The van der Waals surface area contributed by atoms with Crippen molar-refractivity contribution < 1.29 is 18.7 Å². The molecule has 0 unspecified atom stereocenters. The van der Waals surface area contributed by atoms with Gasteiger partial charge in [0.05, 0.1) is 18.2 Å². The fraction of sp³-hybridized carbons (Fsp3) is 0.462. The van der Waals surface area contributed by atoms with Gasteiger partial charge in [0.25, 0.3) is 0 Å². The van der Waals surface area contributed by atoms with Crippen LogP contribution in [0.3, 0.4) is 0 Å². The number of hydrogen-bond acceptors (Lipinski definition) is 4. The van der Waals surface area contributed by atoms with Gasteiger partial charge in [0.1, 0.15) is 16.0 Å². The van der Waals surface area contributed by atoms with Crippen molar-refractivity contribution in [3.8, 4) is 0 Å². The Morgan fingerprint density at radius 2 is 1.86 bits per heavy atom. The maximum absolute atomic E-state index is 13.7. The molecule has 0 spiro atoms. The van der Waals surface area contributed by atoms with Gasteiger partial charge in [0, 0.05) is 33.9 Å². The van der Waals surface area contributed by atoms with Crippen LogP contribution in [0.1, 0.15) is 57.8 Å². The van der Waals surface area contributed by atoms with Crippen molar-refractivity contribution in [2.24, 2.45) is 0 Å². The lowest BCUT2D eigenvalue weighted by molar-refractivity contribution is -0.00934. The van der Waals surface area contributed by atoms with Crippen molar-refractivity contribution >= 4 is 48.9 Å². The van der Waals surface area contributed by atoms with Crippen LogP contribution in [0.5, 0.6) is 0 Å². The van der Waals surface area contributed by atoms with Crippen LogP contribution in [0.15, 0.2) is 45.5 Å². The quantitative estimate of drug-likeness (QED) is 0.330. The summed E-state index contributed by atoms with van der Waals surface area (Å²) in [6.07, 6.45) is 0.853. The van der Waals surface area contributed by atoms with E-state index in [0.29, 0.717) is 32.5 Å². The minimum atomic E-state index is -0.544. The molecule has 0 aliphatic carbocycles. The van der Waals surface area contributed by atoms with Crippen LogP contribution in [0.25, 0.3) is 10.9 Å². The van der Waals surface area contributed by atoms with Crippen LogP contribution >= 0.6 is 31.9 Å². The van der Waals surface area contributed by atoms with E-state index in [2.05, 4.69) is 42.1 Å². The number of benzene rings is 2. The van der Waals surface area contributed by atoms with Gasteiger partial charge in [0.2, 0.25) is 0 Å². The summed E-state index contributed by atoms with van der Waals surface area (Å²) >= 11 is 7.08. The highest BCUT2D eigenvalue weighted by Gasteiger charge is 2.39. The summed E-state index contributed by atoms with van der Waals surface area (Å²) in [5.41, 5.74) is 2.04. The third-order valence-corrected chi connectivity index (χ3v) is 7.56. The Hall–Kier alpha value is -1.97. The third-order valence-electron chi connectivity index (χ3n) is 6.50. The van der Waals surface area contributed by atoms with Crippen molar-refractivity contribution in [2.45, 2.75) is 57.7 Å². The first kappa shape index (κ1) is 26.1. The lowest BCUT2D eigenvalue weighted by Gasteiger charge is -2.42. The molecule has 1 N–H and O–H groups in total. The van der Waals surface area contributed by atoms with Gasteiger partial charge in [-0.25, -0.2) is 9.18 Å². The van der Waals surface area contributed by atoms with E-state index in [1.54, 1.807) is 4.90 Å². The number of carbonyl (C=O) groups excluding carboxylic acids is 1. The summed E-state index contributed by atoms with van der Waals surface area (Å²) < 4.78 is 27.5. The van der Waals surface area contributed by atoms with Crippen LogP contribution < -0.4 is 0 Å². The maximum atomic E-state index is 13.7. The summed E-state index contributed by atoms with van der Waals surface area (Å²) in [6.45, 7) is 9.13. The number of H-pyrrole nitrogens is 1. The second-order valence-corrected chi connectivity index (χ2v) is 11.8. The van der Waals surface area contributed by atoms with E-state index >= 15 is 0 Å². The van der Waals surface area contributed by atoms with E-state index in [9.17, 15) is 9.18 Å². The van der Waals surface area contributed by atoms with Gasteiger partial charge < -0.3 is 14.4 Å². The number of ether oxygens (including phenoxy) is 2. The largest absolute Gasteiger partial charge is 0.444 e. The molecule has 1 atom stereocenters. The molecule has 188 valence electrons. The van der Waals surface area contributed by atoms with Crippen molar-refractivity contribution in [3.63, 3.8) is 0 Å². The first-order valence-corrected chi connectivity index (χ1v) is 13.2. The number of carbonyl (C=O) groups is 1. The van der Waals surface area contributed by atoms with E-state index in [1.165, 1.54) is 12.1 Å². The minimum Gasteiger partial charge on any atom is -0.444 e. The van der Waals surface area contributed by atoms with Crippen molar-refractivity contribution in [1.82, 2.24) is 15.1 Å². The molecule has 0 saturated carbocycles. The number of fused-ring (bicyclic) bond motifs is 1. The number of aromatic nitrogens is 2. The highest BCUT2D eigenvalue weighted by Crippen LogP contribution is 2.39. The van der Waals surface area contributed by atoms with Crippen LogP contribution in [-0.4, -0.2) is 46.5 Å². The normalized spacial score (nSPS) is 16.9. The molecule has 1 aliphatic heterocycles. The highest BCUT2D eigenvalue weighted by atomic mass is 79.9. The third kappa shape index (κ3) is 5.89. The molecule has 2 heterocycles. The fourth-order valence-electron chi connectivity index (χ4n) is 4.54. The van der Waals surface area contributed by atoms with E-state index in [-0.39, 0.29) is 23.4 Å². The fourth-order valence-corrected chi connectivity index (χ4v) is 5.42. The Balaban J connectivity index is 1.55. The SMILES string of the molecule is C[C@H](OCC1(c2ccc(F)cc2)CCN(C(=O)OC(C)(C)C)CC1)c1cc(Br)cc2c(Br)n[nH]c12. The molecule has 0 bridgehead atoms. The molecule has 3 aromatic rings. The minimum absolute atomic E-state index is 0.219. The zero-order valence-electron chi connectivity index (χ0n) is 20.3. The molecular formula is C26H30Br2FN3O3. The Labute approximate surface area is 221 Å².